The van der Waals surface area contributed by atoms with Gasteiger partial charge in [-0.25, -0.2) is 0 Å². The van der Waals surface area contributed by atoms with E-state index in [9.17, 15) is 8.42 Å². The fourth-order valence-electron chi connectivity index (χ4n) is 2.88. The molecule has 112 valence electrons. The molecule has 0 aromatic rings. The average Bonchev–Trinajstić information content (AvgIpc) is 2.40. The Balaban J connectivity index is 1.89. The number of nitrogens with one attached hydrogen (secondary N) is 1. The van der Waals surface area contributed by atoms with E-state index in [1.807, 2.05) is 0 Å². The highest BCUT2D eigenvalue weighted by molar-refractivity contribution is 7.86. The molecule has 0 saturated carbocycles. The van der Waals surface area contributed by atoms with E-state index in [0.717, 1.165) is 32.5 Å². The van der Waals surface area contributed by atoms with Crippen LogP contribution in [0.15, 0.2) is 0 Å². The molecule has 2 aliphatic rings. The van der Waals surface area contributed by atoms with Gasteiger partial charge in [-0.05, 0) is 32.9 Å². The molecule has 0 aromatic carbocycles. The van der Waals surface area contributed by atoms with E-state index in [4.69, 9.17) is 0 Å². The standard InChI is InChI=1S/C12H26N4O2S/c1-14(2)11-12-3-7-15(8-4-12)19(17,18)16-9-5-13-6-10-16/h12-13H,3-11H2,1-2H3. The first kappa shape index (κ1) is 15.2. The number of piperazine rings is 1. The summed E-state index contributed by atoms with van der Waals surface area (Å²) >= 11 is 0. The molecule has 2 rings (SSSR count). The second kappa shape index (κ2) is 6.49. The molecule has 7 heteroatoms. The predicted molar refractivity (Wildman–Crippen MR) is 76.2 cm³/mol. The normalized spacial score (nSPS) is 25.0. The molecule has 2 saturated heterocycles. The van der Waals surface area contributed by atoms with Crippen LogP contribution >= 0.6 is 0 Å². The maximum absolute atomic E-state index is 12.5. The third kappa shape index (κ3) is 3.88. The Hall–Kier alpha value is -0.210. The van der Waals surface area contributed by atoms with E-state index < -0.39 is 10.2 Å². The van der Waals surface area contributed by atoms with Crippen LogP contribution < -0.4 is 5.32 Å². The Morgan fingerprint density at radius 1 is 1.05 bits per heavy atom. The van der Waals surface area contributed by atoms with Crippen LogP contribution in [0.5, 0.6) is 0 Å². The third-order valence-corrected chi connectivity index (χ3v) is 5.96. The lowest BCUT2D eigenvalue weighted by Gasteiger charge is -2.36. The zero-order valence-electron chi connectivity index (χ0n) is 12.0. The summed E-state index contributed by atoms with van der Waals surface area (Å²) in [4.78, 5) is 2.19. The van der Waals surface area contributed by atoms with Crippen molar-refractivity contribution in [1.29, 1.82) is 0 Å². The maximum atomic E-state index is 12.5. The van der Waals surface area contributed by atoms with Gasteiger partial charge in [0.15, 0.2) is 0 Å². The minimum atomic E-state index is -3.22. The van der Waals surface area contributed by atoms with Crippen molar-refractivity contribution >= 4 is 10.2 Å². The molecule has 0 atom stereocenters. The Kier molecular flexibility index (Phi) is 5.19. The van der Waals surface area contributed by atoms with Gasteiger partial charge in [0, 0.05) is 45.8 Å². The highest BCUT2D eigenvalue weighted by Crippen LogP contribution is 2.21. The highest BCUT2D eigenvalue weighted by Gasteiger charge is 2.33. The zero-order valence-corrected chi connectivity index (χ0v) is 12.8. The van der Waals surface area contributed by atoms with Crippen molar-refractivity contribution < 1.29 is 8.42 Å². The quantitative estimate of drug-likeness (QED) is 0.752. The van der Waals surface area contributed by atoms with Gasteiger partial charge in [-0.1, -0.05) is 0 Å². The van der Waals surface area contributed by atoms with Gasteiger partial charge >= 0.3 is 0 Å². The molecule has 0 aliphatic carbocycles. The minimum Gasteiger partial charge on any atom is -0.314 e. The van der Waals surface area contributed by atoms with Gasteiger partial charge < -0.3 is 10.2 Å². The summed E-state index contributed by atoms with van der Waals surface area (Å²) < 4.78 is 28.3. The summed E-state index contributed by atoms with van der Waals surface area (Å²) in [6.07, 6.45) is 1.95. The Labute approximate surface area is 116 Å². The van der Waals surface area contributed by atoms with Crippen molar-refractivity contribution in [3.63, 3.8) is 0 Å². The van der Waals surface area contributed by atoms with Crippen LogP contribution in [0, 0.1) is 5.92 Å². The van der Waals surface area contributed by atoms with E-state index in [0.29, 0.717) is 32.1 Å². The SMILES string of the molecule is CN(C)CC1CCN(S(=O)(=O)N2CCNCC2)CC1. The third-order valence-electron chi connectivity index (χ3n) is 3.93. The molecule has 1 N–H and O–H groups in total. The zero-order chi connectivity index (χ0) is 13.9. The number of rotatable bonds is 4. The summed E-state index contributed by atoms with van der Waals surface area (Å²) in [5.74, 6) is 0.629. The lowest BCUT2D eigenvalue weighted by molar-refractivity contribution is 0.213. The molecular weight excluding hydrogens is 264 g/mol. The van der Waals surface area contributed by atoms with Gasteiger partial charge in [0.25, 0.3) is 10.2 Å². The van der Waals surface area contributed by atoms with Gasteiger partial charge in [0.1, 0.15) is 0 Å². The molecule has 0 amide bonds. The second-order valence-electron chi connectivity index (χ2n) is 5.76. The largest absolute Gasteiger partial charge is 0.314 e. The van der Waals surface area contributed by atoms with E-state index in [2.05, 4.69) is 24.3 Å². The summed E-state index contributed by atoms with van der Waals surface area (Å²) in [6.45, 7) is 5.11. The van der Waals surface area contributed by atoms with E-state index in [-0.39, 0.29) is 0 Å². The molecule has 0 spiro atoms. The fourth-order valence-corrected chi connectivity index (χ4v) is 4.52. The van der Waals surface area contributed by atoms with Crippen LogP contribution in [0.25, 0.3) is 0 Å². The summed E-state index contributed by atoms with van der Waals surface area (Å²) in [5, 5.41) is 3.19. The second-order valence-corrected chi connectivity index (χ2v) is 7.69. The molecule has 0 bridgehead atoms. The first-order chi connectivity index (χ1) is 9.00. The molecule has 2 heterocycles. The Bertz CT molecular complexity index is 371. The van der Waals surface area contributed by atoms with Gasteiger partial charge in [-0.15, -0.1) is 0 Å². The molecular formula is C12H26N4O2S. The first-order valence-corrected chi connectivity index (χ1v) is 8.50. The maximum Gasteiger partial charge on any atom is 0.282 e. The van der Waals surface area contributed by atoms with Crippen molar-refractivity contribution in [3.05, 3.63) is 0 Å². The average molecular weight is 290 g/mol. The van der Waals surface area contributed by atoms with Crippen molar-refractivity contribution in [2.75, 3.05) is 59.9 Å². The minimum absolute atomic E-state index is 0.597. The molecule has 2 aliphatic heterocycles. The molecule has 19 heavy (non-hydrogen) atoms. The van der Waals surface area contributed by atoms with Gasteiger partial charge in [0.2, 0.25) is 0 Å². The monoisotopic (exact) mass is 290 g/mol. The number of nitrogens with zero attached hydrogens (tertiary/aromatic N) is 3. The lowest BCUT2D eigenvalue weighted by atomic mass is 9.98. The van der Waals surface area contributed by atoms with Gasteiger partial charge in [-0.3, -0.25) is 0 Å². The lowest BCUT2D eigenvalue weighted by Crippen LogP contribution is -2.53. The summed E-state index contributed by atoms with van der Waals surface area (Å²) in [7, 11) is 0.923. The molecule has 6 nitrogen and oxygen atoms in total. The molecule has 0 radical (unpaired) electrons. The van der Waals surface area contributed by atoms with Crippen molar-refractivity contribution in [2.45, 2.75) is 12.8 Å². The van der Waals surface area contributed by atoms with E-state index >= 15 is 0 Å². The smallest absolute Gasteiger partial charge is 0.282 e. The highest BCUT2D eigenvalue weighted by atomic mass is 32.2. The van der Waals surface area contributed by atoms with Crippen LogP contribution in [0.2, 0.25) is 0 Å². The van der Waals surface area contributed by atoms with Crippen LogP contribution in [-0.2, 0) is 10.2 Å². The van der Waals surface area contributed by atoms with Crippen molar-refractivity contribution in [1.82, 2.24) is 18.8 Å². The fraction of sp³-hybridized carbons (Fsp3) is 1.00. The van der Waals surface area contributed by atoms with Crippen LogP contribution in [0.1, 0.15) is 12.8 Å². The van der Waals surface area contributed by atoms with Crippen molar-refractivity contribution in [3.8, 4) is 0 Å². The Morgan fingerprint density at radius 3 is 2.11 bits per heavy atom. The van der Waals surface area contributed by atoms with Crippen LogP contribution in [0.3, 0.4) is 0 Å². The van der Waals surface area contributed by atoms with E-state index in [1.165, 1.54) is 0 Å². The van der Waals surface area contributed by atoms with Gasteiger partial charge in [-0.2, -0.15) is 17.0 Å². The molecule has 0 unspecified atom stereocenters. The summed E-state index contributed by atoms with van der Waals surface area (Å²) in [5.41, 5.74) is 0. The molecule has 2 fully saturated rings. The summed E-state index contributed by atoms with van der Waals surface area (Å²) in [6, 6.07) is 0. The number of hydrogen-bond donors (Lipinski definition) is 1. The topological polar surface area (TPSA) is 55.9 Å². The van der Waals surface area contributed by atoms with Crippen molar-refractivity contribution in [2.24, 2.45) is 5.92 Å². The van der Waals surface area contributed by atoms with Crippen LogP contribution in [0.4, 0.5) is 0 Å². The predicted octanol–water partition coefficient (Wildman–Crippen LogP) is -0.590. The first-order valence-electron chi connectivity index (χ1n) is 7.11. The van der Waals surface area contributed by atoms with Crippen LogP contribution in [-0.4, -0.2) is 81.8 Å². The van der Waals surface area contributed by atoms with Gasteiger partial charge in [0.05, 0.1) is 0 Å². The number of hydrogen-bond acceptors (Lipinski definition) is 4. The number of piperidine rings is 1. The Morgan fingerprint density at radius 2 is 1.58 bits per heavy atom. The van der Waals surface area contributed by atoms with E-state index in [1.54, 1.807) is 8.61 Å². The molecule has 0 aromatic heterocycles.